The molecule has 0 aromatic heterocycles. The van der Waals surface area contributed by atoms with Crippen LogP contribution in [0.5, 0.6) is 0 Å². The summed E-state index contributed by atoms with van der Waals surface area (Å²) in [5.41, 5.74) is 0. The first-order valence-electron chi connectivity index (χ1n) is 7.56. The SMILES string of the molecule is CCC(CC)N(CC(C)C)C1CCCC1NC. The van der Waals surface area contributed by atoms with Crippen molar-refractivity contribution in [3.05, 3.63) is 0 Å². The quantitative estimate of drug-likeness (QED) is 0.735. The predicted molar refractivity (Wildman–Crippen MR) is 76.4 cm³/mol. The monoisotopic (exact) mass is 240 g/mol. The molecule has 102 valence electrons. The van der Waals surface area contributed by atoms with Gasteiger partial charge in [-0.25, -0.2) is 0 Å². The zero-order valence-electron chi connectivity index (χ0n) is 12.5. The second-order valence-electron chi connectivity index (χ2n) is 5.95. The average molecular weight is 240 g/mol. The minimum absolute atomic E-state index is 0.717. The van der Waals surface area contributed by atoms with E-state index in [0.29, 0.717) is 6.04 Å². The molecule has 1 saturated carbocycles. The van der Waals surface area contributed by atoms with Crippen molar-refractivity contribution in [2.45, 2.75) is 77.9 Å². The molecule has 0 radical (unpaired) electrons. The van der Waals surface area contributed by atoms with E-state index >= 15 is 0 Å². The molecule has 0 aromatic rings. The molecular formula is C15H32N2. The molecule has 0 amide bonds. The normalized spacial score (nSPS) is 25.4. The van der Waals surface area contributed by atoms with Crippen LogP contribution in [0.1, 0.15) is 59.8 Å². The van der Waals surface area contributed by atoms with Crippen molar-refractivity contribution in [2.24, 2.45) is 5.92 Å². The van der Waals surface area contributed by atoms with Crippen LogP contribution in [0.15, 0.2) is 0 Å². The summed E-state index contributed by atoms with van der Waals surface area (Å²) in [5.74, 6) is 0.772. The van der Waals surface area contributed by atoms with Crippen molar-refractivity contribution in [1.82, 2.24) is 10.2 Å². The van der Waals surface area contributed by atoms with Crippen LogP contribution >= 0.6 is 0 Å². The summed E-state index contributed by atoms with van der Waals surface area (Å²) in [7, 11) is 2.13. The van der Waals surface area contributed by atoms with Crippen molar-refractivity contribution in [3.8, 4) is 0 Å². The first kappa shape index (κ1) is 15.0. The van der Waals surface area contributed by atoms with Gasteiger partial charge in [-0.1, -0.05) is 34.1 Å². The first-order valence-corrected chi connectivity index (χ1v) is 7.56. The Morgan fingerprint density at radius 1 is 1.18 bits per heavy atom. The minimum Gasteiger partial charge on any atom is -0.315 e. The lowest BCUT2D eigenvalue weighted by Gasteiger charge is -2.39. The third kappa shape index (κ3) is 3.96. The lowest BCUT2D eigenvalue weighted by atomic mass is 10.0. The Morgan fingerprint density at radius 3 is 2.29 bits per heavy atom. The van der Waals surface area contributed by atoms with Gasteiger partial charge in [-0.3, -0.25) is 4.90 Å². The maximum Gasteiger partial charge on any atom is 0.0252 e. The topological polar surface area (TPSA) is 15.3 Å². The van der Waals surface area contributed by atoms with Gasteiger partial charge in [-0.05, 0) is 38.6 Å². The standard InChI is InChI=1S/C15H32N2/c1-6-13(7-2)17(11-12(3)4)15-10-8-9-14(15)16-5/h12-16H,6-11H2,1-5H3. The minimum atomic E-state index is 0.717. The molecule has 1 aliphatic carbocycles. The van der Waals surface area contributed by atoms with Gasteiger partial charge in [0.2, 0.25) is 0 Å². The van der Waals surface area contributed by atoms with Gasteiger partial charge < -0.3 is 5.32 Å². The van der Waals surface area contributed by atoms with E-state index in [1.807, 2.05) is 0 Å². The second kappa shape index (κ2) is 7.38. The van der Waals surface area contributed by atoms with E-state index in [4.69, 9.17) is 0 Å². The summed E-state index contributed by atoms with van der Waals surface area (Å²) in [5, 5.41) is 3.53. The number of hydrogen-bond donors (Lipinski definition) is 1. The van der Waals surface area contributed by atoms with E-state index in [1.165, 1.54) is 38.6 Å². The fourth-order valence-corrected chi connectivity index (χ4v) is 3.41. The number of nitrogens with zero attached hydrogens (tertiary/aromatic N) is 1. The third-order valence-corrected chi connectivity index (χ3v) is 4.26. The van der Waals surface area contributed by atoms with Crippen molar-refractivity contribution < 1.29 is 0 Å². The Hall–Kier alpha value is -0.0800. The molecule has 0 heterocycles. The second-order valence-corrected chi connectivity index (χ2v) is 5.95. The van der Waals surface area contributed by atoms with Crippen LogP contribution in [-0.2, 0) is 0 Å². The zero-order chi connectivity index (χ0) is 12.8. The van der Waals surface area contributed by atoms with Gasteiger partial charge in [0, 0.05) is 24.7 Å². The summed E-state index contributed by atoms with van der Waals surface area (Å²) in [6.45, 7) is 10.6. The molecule has 1 aliphatic rings. The fourth-order valence-electron chi connectivity index (χ4n) is 3.41. The molecule has 0 spiro atoms. The van der Waals surface area contributed by atoms with E-state index in [-0.39, 0.29) is 0 Å². The highest BCUT2D eigenvalue weighted by molar-refractivity contribution is 4.92. The lowest BCUT2D eigenvalue weighted by Crippen LogP contribution is -2.51. The largest absolute Gasteiger partial charge is 0.315 e. The van der Waals surface area contributed by atoms with Crippen molar-refractivity contribution in [2.75, 3.05) is 13.6 Å². The highest BCUT2D eigenvalue weighted by Crippen LogP contribution is 2.28. The molecule has 0 saturated heterocycles. The molecule has 0 aromatic carbocycles. The smallest absolute Gasteiger partial charge is 0.0252 e. The van der Waals surface area contributed by atoms with Crippen LogP contribution in [0.4, 0.5) is 0 Å². The Morgan fingerprint density at radius 2 is 1.82 bits per heavy atom. The third-order valence-electron chi connectivity index (χ3n) is 4.26. The molecular weight excluding hydrogens is 208 g/mol. The summed E-state index contributed by atoms with van der Waals surface area (Å²) in [6, 6.07) is 2.26. The zero-order valence-corrected chi connectivity index (χ0v) is 12.5. The molecule has 0 bridgehead atoms. The molecule has 17 heavy (non-hydrogen) atoms. The molecule has 2 heteroatoms. The number of hydrogen-bond acceptors (Lipinski definition) is 2. The molecule has 2 atom stereocenters. The highest BCUT2D eigenvalue weighted by atomic mass is 15.2. The summed E-state index contributed by atoms with van der Waals surface area (Å²) < 4.78 is 0. The molecule has 0 aliphatic heterocycles. The van der Waals surface area contributed by atoms with Crippen molar-refractivity contribution in [1.29, 1.82) is 0 Å². The van der Waals surface area contributed by atoms with Gasteiger partial charge in [0.05, 0.1) is 0 Å². The summed E-state index contributed by atoms with van der Waals surface area (Å²) >= 11 is 0. The maximum atomic E-state index is 3.53. The molecule has 1 N–H and O–H groups in total. The Bertz CT molecular complexity index is 199. The number of likely N-dealkylation sites (N-methyl/N-ethyl adjacent to an activating group) is 1. The Kier molecular flexibility index (Phi) is 6.50. The lowest BCUT2D eigenvalue weighted by molar-refractivity contribution is 0.0968. The van der Waals surface area contributed by atoms with E-state index in [1.54, 1.807) is 0 Å². The first-order chi connectivity index (χ1) is 8.13. The summed E-state index contributed by atoms with van der Waals surface area (Å²) in [6.07, 6.45) is 6.71. The highest BCUT2D eigenvalue weighted by Gasteiger charge is 2.33. The van der Waals surface area contributed by atoms with Crippen LogP contribution in [0.2, 0.25) is 0 Å². The van der Waals surface area contributed by atoms with E-state index in [2.05, 4.69) is 45.0 Å². The predicted octanol–water partition coefficient (Wildman–Crippen LogP) is 3.27. The van der Waals surface area contributed by atoms with Crippen LogP contribution in [0, 0.1) is 5.92 Å². The Balaban J connectivity index is 2.73. The average Bonchev–Trinajstić information content (AvgIpc) is 2.76. The molecule has 2 nitrogen and oxygen atoms in total. The van der Waals surface area contributed by atoms with Crippen LogP contribution < -0.4 is 5.32 Å². The summed E-state index contributed by atoms with van der Waals surface area (Å²) in [4.78, 5) is 2.80. The molecule has 1 rings (SSSR count). The van der Waals surface area contributed by atoms with Gasteiger partial charge in [0.25, 0.3) is 0 Å². The molecule has 2 unspecified atom stereocenters. The Labute approximate surface area is 108 Å². The maximum absolute atomic E-state index is 3.53. The van der Waals surface area contributed by atoms with E-state index in [9.17, 15) is 0 Å². The number of nitrogens with one attached hydrogen (secondary N) is 1. The fraction of sp³-hybridized carbons (Fsp3) is 1.00. The molecule has 1 fully saturated rings. The van der Waals surface area contributed by atoms with Crippen molar-refractivity contribution >= 4 is 0 Å². The van der Waals surface area contributed by atoms with E-state index in [0.717, 1.165) is 18.0 Å². The van der Waals surface area contributed by atoms with Crippen LogP contribution in [0.25, 0.3) is 0 Å². The van der Waals surface area contributed by atoms with Crippen LogP contribution in [-0.4, -0.2) is 36.6 Å². The van der Waals surface area contributed by atoms with Gasteiger partial charge in [0.1, 0.15) is 0 Å². The van der Waals surface area contributed by atoms with Gasteiger partial charge >= 0.3 is 0 Å². The van der Waals surface area contributed by atoms with Gasteiger partial charge in [-0.15, -0.1) is 0 Å². The van der Waals surface area contributed by atoms with E-state index < -0.39 is 0 Å². The van der Waals surface area contributed by atoms with Gasteiger partial charge in [0.15, 0.2) is 0 Å². The van der Waals surface area contributed by atoms with Crippen molar-refractivity contribution in [3.63, 3.8) is 0 Å². The number of rotatable bonds is 7. The van der Waals surface area contributed by atoms with Gasteiger partial charge in [-0.2, -0.15) is 0 Å². The van der Waals surface area contributed by atoms with Crippen LogP contribution in [0.3, 0.4) is 0 Å².